The lowest BCUT2D eigenvalue weighted by Crippen LogP contribution is -2.31. The standard InChI is InChI=1S/C17H24N2O2/c1-3-11-18-13(2)8-6-7-12-19-16(20)14-9-4-5-10-15(14)17(19)21/h4-5,9-10,13,18H,3,6-8,11-12H2,1-2H3. The summed E-state index contributed by atoms with van der Waals surface area (Å²) in [7, 11) is 0. The summed E-state index contributed by atoms with van der Waals surface area (Å²) in [5.41, 5.74) is 1.08. The number of benzene rings is 1. The van der Waals surface area contributed by atoms with Crippen LogP contribution in [0.1, 0.15) is 60.2 Å². The van der Waals surface area contributed by atoms with Gasteiger partial charge in [-0.1, -0.05) is 25.5 Å². The van der Waals surface area contributed by atoms with Gasteiger partial charge in [-0.25, -0.2) is 0 Å². The molecule has 2 rings (SSSR count). The van der Waals surface area contributed by atoms with Crippen LogP contribution in [-0.2, 0) is 0 Å². The summed E-state index contributed by atoms with van der Waals surface area (Å²) in [5, 5.41) is 3.44. The van der Waals surface area contributed by atoms with Crippen LogP contribution in [0.25, 0.3) is 0 Å². The van der Waals surface area contributed by atoms with Crippen molar-refractivity contribution in [2.24, 2.45) is 0 Å². The molecule has 0 aromatic heterocycles. The summed E-state index contributed by atoms with van der Waals surface area (Å²) in [6.45, 7) is 5.89. The largest absolute Gasteiger partial charge is 0.314 e. The van der Waals surface area contributed by atoms with E-state index in [-0.39, 0.29) is 11.8 Å². The molecule has 1 aromatic carbocycles. The van der Waals surface area contributed by atoms with Crippen molar-refractivity contribution in [3.05, 3.63) is 35.4 Å². The SMILES string of the molecule is CCCNC(C)CCCCN1C(=O)c2ccccc2C1=O. The zero-order chi connectivity index (χ0) is 15.2. The number of rotatable bonds is 8. The van der Waals surface area contributed by atoms with Gasteiger partial charge in [-0.3, -0.25) is 14.5 Å². The first-order valence-corrected chi connectivity index (χ1v) is 7.83. The van der Waals surface area contributed by atoms with Crippen LogP contribution in [0.15, 0.2) is 24.3 Å². The molecule has 1 N–H and O–H groups in total. The van der Waals surface area contributed by atoms with Gasteiger partial charge in [0.2, 0.25) is 0 Å². The monoisotopic (exact) mass is 288 g/mol. The Morgan fingerprint density at radius 3 is 2.29 bits per heavy atom. The molecule has 0 saturated heterocycles. The molecule has 1 aromatic rings. The van der Waals surface area contributed by atoms with Gasteiger partial charge < -0.3 is 5.32 Å². The number of nitrogens with one attached hydrogen (secondary N) is 1. The second kappa shape index (κ2) is 7.36. The van der Waals surface area contributed by atoms with Gasteiger partial charge in [0.25, 0.3) is 11.8 Å². The van der Waals surface area contributed by atoms with Gasteiger partial charge >= 0.3 is 0 Å². The molecule has 21 heavy (non-hydrogen) atoms. The molecular formula is C17H24N2O2. The van der Waals surface area contributed by atoms with Crippen molar-refractivity contribution < 1.29 is 9.59 Å². The number of hydrogen-bond donors (Lipinski definition) is 1. The van der Waals surface area contributed by atoms with Crippen LogP contribution in [-0.4, -0.2) is 35.8 Å². The van der Waals surface area contributed by atoms with Crippen LogP contribution in [0.3, 0.4) is 0 Å². The summed E-state index contributed by atoms with van der Waals surface area (Å²) < 4.78 is 0. The predicted molar refractivity (Wildman–Crippen MR) is 83.4 cm³/mol. The van der Waals surface area contributed by atoms with E-state index in [1.165, 1.54) is 4.90 Å². The molecule has 1 aliphatic heterocycles. The van der Waals surface area contributed by atoms with Gasteiger partial charge in [-0.05, 0) is 44.9 Å². The summed E-state index contributed by atoms with van der Waals surface area (Å²) in [4.78, 5) is 25.7. The van der Waals surface area contributed by atoms with Crippen LogP contribution < -0.4 is 5.32 Å². The zero-order valence-corrected chi connectivity index (χ0v) is 12.9. The number of nitrogens with zero attached hydrogens (tertiary/aromatic N) is 1. The molecule has 1 unspecified atom stereocenters. The highest BCUT2D eigenvalue weighted by Crippen LogP contribution is 2.22. The third kappa shape index (κ3) is 3.70. The average Bonchev–Trinajstić information content (AvgIpc) is 2.74. The smallest absolute Gasteiger partial charge is 0.261 e. The molecule has 0 spiro atoms. The lowest BCUT2D eigenvalue weighted by molar-refractivity contribution is 0.0651. The molecule has 0 aliphatic carbocycles. The number of hydrogen-bond acceptors (Lipinski definition) is 3. The summed E-state index contributed by atoms with van der Waals surface area (Å²) in [6, 6.07) is 7.55. The summed E-state index contributed by atoms with van der Waals surface area (Å²) in [6.07, 6.45) is 4.09. The third-order valence-electron chi connectivity index (χ3n) is 3.89. The molecular weight excluding hydrogens is 264 g/mol. The van der Waals surface area contributed by atoms with E-state index >= 15 is 0 Å². The highest BCUT2D eigenvalue weighted by atomic mass is 16.2. The van der Waals surface area contributed by atoms with Crippen LogP contribution in [0.5, 0.6) is 0 Å². The quantitative estimate of drug-likeness (QED) is 0.591. The van der Waals surface area contributed by atoms with Crippen molar-refractivity contribution in [2.75, 3.05) is 13.1 Å². The molecule has 114 valence electrons. The van der Waals surface area contributed by atoms with Crippen molar-refractivity contribution in [1.29, 1.82) is 0 Å². The third-order valence-corrected chi connectivity index (χ3v) is 3.89. The highest BCUT2D eigenvalue weighted by molar-refractivity contribution is 6.21. The molecule has 0 fully saturated rings. The van der Waals surface area contributed by atoms with Gasteiger partial charge in [0.1, 0.15) is 0 Å². The van der Waals surface area contributed by atoms with Gasteiger partial charge in [0.05, 0.1) is 11.1 Å². The molecule has 2 amide bonds. The van der Waals surface area contributed by atoms with E-state index in [0.29, 0.717) is 23.7 Å². The molecule has 1 aliphatic rings. The maximum atomic E-state index is 12.2. The van der Waals surface area contributed by atoms with E-state index in [2.05, 4.69) is 19.2 Å². The first kappa shape index (κ1) is 15.7. The van der Waals surface area contributed by atoms with E-state index in [9.17, 15) is 9.59 Å². The molecule has 1 atom stereocenters. The molecule has 4 nitrogen and oxygen atoms in total. The highest BCUT2D eigenvalue weighted by Gasteiger charge is 2.34. The number of carbonyl (C=O) groups is 2. The Morgan fingerprint density at radius 2 is 1.71 bits per heavy atom. The van der Waals surface area contributed by atoms with E-state index < -0.39 is 0 Å². The Hall–Kier alpha value is -1.68. The minimum absolute atomic E-state index is 0.146. The Labute approximate surface area is 126 Å². The predicted octanol–water partition coefficient (Wildman–Crippen LogP) is 2.84. The van der Waals surface area contributed by atoms with Gasteiger partial charge in [-0.2, -0.15) is 0 Å². The Kier molecular flexibility index (Phi) is 5.51. The normalized spacial score (nSPS) is 15.4. The van der Waals surface area contributed by atoms with Crippen LogP contribution in [0, 0.1) is 0 Å². The number of imide groups is 1. The topological polar surface area (TPSA) is 49.4 Å². The number of amides is 2. The van der Waals surface area contributed by atoms with E-state index in [1.807, 2.05) is 0 Å². The fourth-order valence-corrected chi connectivity index (χ4v) is 2.66. The van der Waals surface area contributed by atoms with E-state index in [0.717, 1.165) is 32.2 Å². The summed E-state index contributed by atoms with van der Waals surface area (Å²) in [5.74, 6) is -0.291. The lowest BCUT2D eigenvalue weighted by atomic mass is 10.1. The molecule has 0 bridgehead atoms. The lowest BCUT2D eigenvalue weighted by Gasteiger charge is -2.15. The van der Waals surface area contributed by atoms with Gasteiger partial charge in [0, 0.05) is 12.6 Å². The first-order valence-electron chi connectivity index (χ1n) is 7.83. The van der Waals surface area contributed by atoms with Crippen LogP contribution in [0.4, 0.5) is 0 Å². The molecule has 4 heteroatoms. The minimum Gasteiger partial charge on any atom is -0.314 e. The molecule has 0 saturated carbocycles. The molecule has 0 radical (unpaired) electrons. The number of carbonyl (C=O) groups excluding carboxylic acids is 2. The number of fused-ring (bicyclic) bond motifs is 1. The van der Waals surface area contributed by atoms with Crippen molar-refractivity contribution in [3.8, 4) is 0 Å². The van der Waals surface area contributed by atoms with Gasteiger partial charge in [0.15, 0.2) is 0 Å². The average molecular weight is 288 g/mol. The first-order chi connectivity index (χ1) is 10.1. The second-order valence-corrected chi connectivity index (χ2v) is 5.66. The van der Waals surface area contributed by atoms with Crippen LogP contribution >= 0.6 is 0 Å². The minimum atomic E-state index is -0.146. The fourth-order valence-electron chi connectivity index (χ4n) is 2.66. The molecule has 1 heterocycles. The number of unbranched alkanes of at least 4 members (excludes halogenated alkanes) is 1. The van der Waals surface area contributed by atoms with E-state index in [4.69, 9.17) is 0 Å². The maximum absolute atomic E-state index is 12.2. The van der Waals surface area contributed by atoms with Crippen molar-refractivity contribution in [1.82, 2.24) is 10.2 Å². The Morgan fingerprint density at radius 1 is 1.10 bits per heavy atom. The Balaban J connectivity index is 1.78. The summed E-state index contributed by atoms with van der Waals surface area (Å²) >= 11 is 0. The van der Waals surface area contributed by atoms with Crippen LogP contribution in [0.2, 0.25) is 0 Å². The van der Waals surface area contributed by atoms with Crippen molar-refractivity contribution in [2.45, 2.75) is 45.6 Å². The second-order valence-electron chi connectivity index (χ2n) is 5.66. The fraction of sp³-hybridized carbons (Fsp3) is 0.529. The zero-order valence-electron chi connectivity index (χ0n) is 12.9. The van der Waals surface area contributed by atoms with E-state index in [1.54, 1.807) is 24.3 Å². The Bertz CT molecular complexity index is 478. The van der Waals surface area contributed by atoms with Gasteiger partial charge in [-0.15, -0.1) is 0 Å². The van der Waals surface area contributed by atoms with Crippen molar-refractivity contribution >= 4 is 11.8 Å². The maximum Gasteiger partial charge on any atom is 0.261 e. The van der Waals surface area contributed by atoms with Crippen molar-refractivity contribution in [3.63, 3.8) is 0 Å².